The van der Waals surface area contributed by atoms with Crippen LogP contribution in [0.4, 0.5) is 0 Å². The summed E-state index contributed by atoms with van der Waals surface area (Å²) in [5.74, 6) is -0.856. The van der Waals surface area contributed by atoms with Crippen molar-refractivity contribution in [1.29, 1.82) is 0 Å². The van der Waals surface area contributed by atoms with Crippen LogP contribution < -0.4 is 10.1 Å². The number of carbonyl (C=O) groups excluding carboxylic acids is 2. The summed E-state index contributed by atoms with van der Waals surface area (Å²) in [5.41, 5.74) is 0.668. The first kappa shape index (κ1) is 14.9. The topological polar surface area (TPSA) is 64.6 Å². The molecule has 1 aliphatic carbocycles. The van der Waals surface area contributed by atoms with Gasteiger partial charge in [0, 0.05) is 11.5 Å². The third kappa shape index (κ3) is 2.25. The van der Waals surface area contributed by atoms with Crippen molar-refractivity contribution in [2.24, 2.45) is 5.92 Å². The quantitative estimate of drug-likeness (QED) is 0.685. The van der Waals surface area contributed by atoms with Crippen LogP contribution >= 0.6 is 0 Å². The minimum Gasteiger partial charge on any atom is -0.497 e. The Hall–Kier alpha value is -2.04. The number of ether oxygens (including phenoxy) is 2. The lowest BCUT2D eigenvalue weighted by molar-refractivity contribution is -0.149. The van der Waals surface area contributed by atoms with Crippen LogP contribution in [0.2, 0.25) is 0 Å². The molecular formula is C17H21NO4. The van der Waals surface area contributed by atoms with E-state index >= 15 is 0 Å². The molecule has 1 saturated heterocycles. The van der Waals surface area contributed by atoms with Crippen molar-refractivity contribution in [3.63, 3.8) is 0 Å². The summed E-state index contributed by atoms with van der Waals surface area (Å²) in [6.45, 7) is 0. The minimum atomic E-state index is -0.767. The predicted molar refractivity (Wildman–Crippen MR) is 80.6 cm³/mol. The molecule has 1 spiro atoms. The van der Waals surface area contributed by atoms with Gasteiger partial charge in [-0.2, -0.15) is 0 Å². The molecule has 1 aromatic rings. The number of amides is 1. The summed E-state index contributed by atoms with van der Waals surface area (Å²) in [7, 11) is 2.95. The van der Waals surface area contributed by atoms with Crippen molar-refractivity contribution in [3.05, 3.63) is 29.8 Å². The Kier molecular flexibility index (Phi) is 3.81. The van der Waals surface area contributed by atoms with E-state index in [2.05, 4.69) is 5.32 Å². The highest BCUT2D eigenvalue weighted by Gasteiger charge is 2.57. The third-order valence-corrected chi connectivity index (χ3v) is 5.01. The van der Waals surface area contributed by atoms with E-state index in [9.17, 15) is 9.59 Å². The second-order valence-corrected chi connectivity index (χ2v) is 6.10. The summed E-state index contributed by atoms with van der Waals surface area (Å²) in [6.07, 6.45) is 3.95. The smallest absolute Gasteiger partial charge is 0.318 e. The first-order valence-corrected chi connectivity index (χ1v) is 7.65. The molecule has 0 aromatic heterocycles. The SMILES string of the molecule is COC(=O)[C@@H]1C(=O)NC2(CCCC2)[C@H]1c1ccc(OC)cc1. The highest BCUT2D eigenvalue weighted by molar-refractivity contribution is 6.01. The highest BCUT2D eigenvalue weighted by Crippen LogP contribution is 2.49. The van der Waals surface area contributed by atoms with Gasteiger partial charge in [0.1, 0.15) is 11.7 Å². The van der Waals surface area contributed by atoms with Gasteiger partial charge in [0.2, 0.25) is 5.91 Å². The summed E-state index contributed by atoms with van der Waals surface area (Å²) in [4.78, 5) is 24.6. The number of rotatable bonds is 3. The fourth-order valence-electron chi connectivity index (χ4n) is 4.01. The molecule has 1 N–H and O–H groups in total. The van der Waals surface area contributed by atoms with E-state index in [-0.39, 0.29) is 17.4 Å². The van der Waals surface area contributed by atoms with Crippen LogP contribution in [-0.4, -0.2) is 31.6 Å². The lowest BCUT2D eigenvalue weighted by Crippen LogP contribution is -2.42. The van der Waals surface area contributed by atoms with E-state index in [0.29, 0.717) is 0 Å². The van der Waals surface area contributed by atoms with Crippen molar-refractivity contribution in [2.75, 3.05) is 14.2 Å². The molecule has 0 bridgehead atoms. The van der Waals surface area contributed by atoms with Gasteiger partial charge >= 0.3 is 5.97 Å². The van der Waals surface area contributed by atoms with E-state index in [0.717, 1.165) is 37.0 Å². The Morgan fingerprint density at radius 3 is 2.36 bits per heavy atom. The summed E-state index contributed by atoms with van der Waals surface area (Å²) < 4.78 is 10.1. The lowest BCUT2D eigenvalue weighted by atomic mass is 9.74. The van der Waals surface area contributed by atoms with Gasteiger partial charge in [0.25, 0.3) is 0 Å². The number of benzene rings is 1. The third-order valence-electron chi connectivity index (χ3n) is 5.01. The molecule has 22 heavy (non-hydrogen) atoms. The molecule has 1 heterocycles. The average Bonchev–Trinajstić information content (AvgIpc) is 3.11. The number of hydrogen-bond acceptors (Lipinski definition) is 4. The van der Waals surface area contributed by atoms with Crippen molar-refractivity contribution in [1.82, 2.24) is 5.32 Å². The van der Waals surface area contributed by atoms with E-state index in [1.807, 2.05) is 24.3 Å². The normalized spacial score (nSPS) is 26.0. The van der Waals surface area contributed by atoms with Crippen molar-refractivity contribution in [2.45, 2.75) is 37.1 Å². The second kappa shape index (κ2) is 5.63. The largest absolute Gasteiger partial charge is 0.497 e. The van der Waals surface area contributed by atoms with Crippen LogP contribution in [0.1, 0.15) is 37.2 Å². The molecular weight excluding hydrogens is 282 g/mol. The molecule has 2 atom stereocenters. The average molecular weight is 303 g/mol. The molecule has 118 valence electrons. The van der Waals surface area contributed by atoms with Crippen LogP contribution in [0.15, 0.2) is 24.3 Å². The molecule has 5 nitrogen and oxygen atoms in total. The summed E-state index contributed by atoms with van der Waals surface area (Å²) >= 11 is 0. The van der Waals surface area contributed by atoms with Gasteiger partial charge < -0.3 is 14.8 Å². The molecule has 2 aliphatic rings. The van der Waals surface area contributed by atoms with Crippen LogP contribution in [-0.2, 0) is 14.3 Å². The van der Waals surface area contributed by atoms with Crippen molar-refractivity contribution >= 4 is 11.9 Å². The molecule has 3 rings (SSSR count). The molecule has 5 heteroatoms. The zero-order chi connectivity index (χ0) is 15.7. The van der Waals surface area contributed by atoms with Crippen LogP contribution in [0.25, 0.3) is 0 Å². The van der Waals surface area contributed by atoms with Gasteiger partial charge in [0.05, 0.1) is 14.2 Å². The van der Waals surface area contributed by atoms with Gasteiger partial charge in [0.15, 0.2) is 0 Å². The zero-order valence-electron chi connectivity index (χ0n) is 12.9. The highest BCUT2D eigenvalue weighted by atomic mass is 16.5. The Morgan fingerprint density at radius 2 is 1.82 bits per heavy atom. The van der Waals surface area contributed by atoms with E-state index in [4.69, 9.17) is 9.47 Å². The fraction of sp³-hybridized carbons (Fsp3) is 0.529. The maximum atomic E-state index is 12.4. The van der Waals surface area contributed by atoms with Crippen LogP contribution in [0.3, 0.4) is 0 Å². The maximum absolute atomic E-state index is 12.4. The molecule has 2 fully saturated rings. The maximum Gasteiger partial charge on any atom is 0.318 e. The Balaban J connectivity index is 2.03. The summed E-state index contributed by atoms with van der Waals surface area (Å²) in [6, 6.07) is 7.63. The number of nitrogens with one attached hydrogen (secondary N) is 1. The van der Waals surface area contributed by atoms with E-state index < -0.39 is 11.9 Å². The Bertz CT molecular complexity index is 575. The second-order valence-electron chi connectivity index (χ2n) is 6.10. The molecule has 1 amide bonds. The van der Waals surface area contributed by atoms with Gasteiger partial charge in [-0.1, -0.05) is 25.0 Å². The number of carbonyl (C=O) groups is 2. The summed E-state index contributed by atoms with van der Waals surface area (Å²) in [5, 5.41) is 3.10. The monoisotopic (exact) mass is 303 g/mol. The Morgan fingerprint density at radius 1 is 1.18 bits per heavy atom. The van der Waals surface area contributed by atoms with E-state index in [1.165, 1.54) is 7.11 Å². The molecule has 1 aromatic carbocycles. The first-order chi connectivity index (χ1) is 10.6. The molecule has 1 saturated carbocycles. The fourth-order valence-corrected chi connectivity index (χ4v) is 4.01. The van der Waals surface area contributed by atoms with Crippen LogP contribution in [0, 0.1) is 5.92 Å². The van der Waals surface area contributed by atoms with Gasteiger partial charge in [-0.25, -0.2) is 0 Å². The molecule has 0 unspecified atom stereocenters. The van der Waals surface area contributed by atoms with Gasteiger partial charge in [-0.05, 0) is 30.5 Å². The number of hydrogen-bond donors (Lipinski definition) is 1. The first-order valence-electron chi connectivity index (χ1n) is 7.65. The number of methoxy groups -OCH3 is 2. The predicted octanol–water partition coefficient (Wildman–Crippen LogP) is 2.01. The van der Waals surface area contributed by atoms with Gasteiger partial charge in [-0.15, -0.1) is 0 Å². The van der Waals surface area contributed by atoms with Crippen LogP contribution in [0.5, 0.6) is 5.75 Å². The minimum absolute atomic E-state index is 0.180. The standard InChI is InChI=1S/C17H21NO4/c1-21-12-7-5-11(6-8-12)14-13(16(20)22-2)15(19)18-17(14)9-3-4-10-17/h5-8,13-14H,3-4,9-10H2,1-2H3,(H,18,19)/t13-,14-/m0/s1. The van der Waals surface area contributed by atoms with Crippen molar-refractivity contribution < 1.29 is 19.1 Å². The number of esters is 1. The molecule has 0 radical (unpaired) electrons. The Labute approximate surface area is 130 Å². The van der Waals surface area contributed by atoms with Gasteiger partial charge in [-0.3, -0.25) is 9.59 Å². The van der Waals surface area contributed by atoms with Crippen molar-refractivity contribution in [3.8, 4) is 5.75 Å². The zero-order valence-corrected chi connectivity index (χ0v) is 12.9. The lowest BCUT2D eigenvalue weighted by Gasteiger charge is -2.32. The van der Waals surface area contributed by atoms with E-state index in [1.54, 1.807) is 7.11 Å². The molecule has 1 aliphatic heterocycles.